The number of benzene rings is 1. The van der Waals surface area contributed by atoms with Crippen LogP contribution in [0.2, 0.25) is 0 Å². The van der Waals surface area contributed by atoms with Gasteiger partial charge in [-0.15, -0.1) is 5.10 Å². The van der Waals surface area contributed by atoms with Crippen LogP contribution in [-0.2, 0) is 6.42 Å². The number of rotatable bonds is 6. The van der Waals surface area contributed by atoms with Crippen molar-refractivity contribution in [3.8, 4) is 17.4 Å². The highest BCUT2D eigenvalue weighted by Crippen LogP contribution is 2.29. The van der Waals surface area contributed by atoms with Crippen LogP contribution in [0.15, 0.2) is 30.3 Å². The molecule has 6 heteroatoms. The molecule has 6 nitrogen and oxygen atoms in total. The molecular weight excluding hydrogens is 272 g/mol. The van der Waals surface area contributed by atoms with E-state index in [9.17, 15) is 4.79 Å². The molecule has 0 atom stereocenters. The van der Waals surface area contributed by atoms with Gasteiger partial charge in [0.15, 0.2) is 5.78 Å². The van der Waals surface area contributed by atoms with Crippen molar-refractivity contribution in [3.05, 3.63) is 41.6 Å². The SMILES string of the molecule is COc1ccc(CC(=O)c2c(OC)cccc2OC)nn1. The summed E-state index contributed by atoms with van der Waals surface area (Å²) in [6.07, 6.45) is 0.105. The molecule has 0 amide bonds. The van der Waals surface area contributed by atoms with Crippen LogP contribution in [0.25, 0.3) is 0 Å². The molecule has 0 spiro atoms. The highest BCUT2D eigenvalue weighted by atomic mass is 16.5. The molecule has 0 unspecified atom stereocenters. The summed E-state index contributed by atoms with van der Waals surface area (Å²) in [7, 11) is 4.53. The monoisotopic (exact) mass is 288 g/mol. The molecule has 0 radical (unpaired) electrons. The number of hydrogen-bond donors (Lipinski definition) is 0. The van der Waals surface area contributed by atoms with Gasteiger partial charge >= 0.3 is 0 Å². The minimum Gasteiger partial charge on any atom is -0.496 e. The molecule has 0 fully saturated rings. The maximum Gasteiger partial charge on any atom is 0.233 e. The largest absolute Gasteiger partial charge is 0.496 e. The standard InChI is InChI=1S/C15H16N2O4/c1-19-12-5-4-6-13(20-2)15(12)11(18)9-10-7-8-14(21-3)17-16-10/h4-8H,9H2,1-3H3. The number of nitrogens with zero attached hydrogens (tertiary/aromatic N) is 2. The Labute approximate surface area is 122 Å². The molecule has 1 aromatic carbocycles. The van der Waals surface area contributed by atoms with Crippen LogP contribution in [-0.4, -0.2) is 37.3 Å². The van der Waals surface area contributed by atoms with Crippen LogP contribution >= 0.6 is 0 Å². The van der Waals surface area contributed by atoms with Crippen molar-refractivity contribution in [2.75, 3.05) is 21.3 Å². The average molecular weight is 288 g/mol. The summed E-state index contributed by atoms with van der Waals surface area (Å²) in [5.41, 5.74) is 0.953. The Balaban J connectivity index is 2.27. The van der Waals surface area contributed by atoms with Crippen molar-refractivity contribution < 1.29 is 19.0 Å². The van der Waals surface area contributed by atoms with E-state index in [1.165, 1.54) is 21.3 Å². The molecule has 0 aliphatic heterocycles. The Morgan fingerprint density at radius 2 is 1.62 bits per heavy atom. The van der Waals surface area contributed by atoms with Gasteiger partial charge in [0, 0.05) is 6.07 Å². The molecular formula is C15H16N2O4. The van der Waals surface area contributed by atoms with Gasteiger partial charge in [0.1, 0.15) is 17.1 Å². The van der Waals surface area contributed by atoms with Gasteiger partial charge in [-0.2, -0.15) is 5.10 Å². The van der Waals surface area contributed by atoms with Crippen molar-refractivity contribution in [2.45, 2.75) is 6.42 Å². The second kappa shape index (κ2) is 6.69. The van der Waals surface area contributed by atoms with Gasteiger partial charge in [0.2, 0.25) is 5.88 Å². The average Bonchev–Trinajstić information content (AvgIpc) is 2.54. The molecule has 0 aliphatic rings. The zero-order valence-electron chi connectivity index (χ0n) is 12.1. The van der Waals surface area contributed by atoms with Crippen molar-refractivity contribution in [1.82, 2.24) is 10.2 Å². The van der Waals surface area contributed by atoms with E-state index >= 15 is 0 Å². The molecule has 0 bridgehead atoms. The molecule has 0 aliphatic carbocycles. The fraction of sp³-hybridized carbons (Fsp3) is 0.267. The second-order valence-electron chi connectivity index (χ2n) is 4.20. The third-order valence-electron chi connectivity index (χ3n) is 2.95. The van der Waals surface area contributed by atoms with Crippen LogP contribution in [0.3, 0.4) is 0 Å². The number of ketones is 1. The van der Waals surface area contributed by atoms with Gasteiger partial charge in [-0.3, -0.25) is 4.79 Å². The van der Waals surface area contributed by atoms with E-state index in [0.29, 0.717) is 28.6 Å². The summed E-state index contributed by atoms with van der Waals surface area (Å²) >= 11 is 0. The second-order valence-corrected chi connectivity index (χ2v) is 4.20. The van der Waals surface area contributed by atoms with Crippen LogP contribution in [0.4, 0.5) is 0 Å². The molecule has 21 heavy (non-hydrogen) atoms. The third kappa shape index (κ3) is 3.28. The number of carbonyl (C=O) groups is 1. The van der Waals surface area contributed by atoms with Crippen LogP contribution in [0.5, 0.6) is 17.4 Å². The van der Waals surface area contributed by atoms with E-state index in [4.69, 9.17) is 14.2 Å². The van der Waals surface area contributed by atoms with Crippen LogP contribution in [0, 0.1) is 0 Å². The Kier molecular flexibility index (Phi) is 4.71. The molecule has 0 saturated heterocycles. The van der Waals surface area contributed by atoms with Gasteiger partial charge in [-0.05, 0) is 18.2 Å². The van der Waals surface area contributed by atoms with Crippen LogP contribution in [0.1, 0.15) is 16.1 Å². The van der Waals surface area contributed by atoms with Crippen molar-refractivity contribution in [3.63, 3.8) is 0 Å². The maximum absolute atomic E-state index is 12.5. The predicted octanol–water partition coefficient (Wildman–Crippen LogP) is 1.93. The summed E-state index contributed by atoms with van der Waals surface area (Å²) in [5.74, 6) is 1.20. The van der Waals surface area contributed by atoms with E-state index in [0.717, 1.165) is 0 Å². The minimum absolute atomic E-state index is 0.105. The van der Waals surface area contributed by atoms with E-state index in [2.05, 4.69) is 10.2 Å². The Bertz CT molecular complexity index is 604. The lowest BCUT2D eigenvalue weighted by Crippen LogP contribution is -2.09. The van der Waals surface area contributed by atoms with Gasteiger partial charge < -0.3 is 14.2 Å². The van der Waals surface area contributed by atoms with E-state index in [1.54, 1.807) is 30.3 Å². The summed E-state index contributed by atoms with van der Waals surface area (Å²) in [6.45, 7) is 0. The lowest BCUT2D eigenvalue weighted by atomic mass is 10.0. The van der Waals surface area contributed by atoms with Gasteiger partial charge in [0.05, 0.1) is 33.4 Å². The topological polar surface area (TPSA) is 70.5 Å². The lowest BCUT2D eigenvalue weighted by molar-refractivity contribution is 0.0985. The van der Waals surface area contributed by atoms with Crippen LogP contribution < -0.4 is 14.2 Å². The zero-order valence-corrected chi connectivity index (χ0v) is 12.1. The predicted molar refractivity (Wildman–Crippen MR) is 76.2 cm³/mol. The van der Waals surface area contributed by atoms with E-state index in [-0.39, 0.29) is 12.2 Å². The van der Waals surface area contributed by atoms with E-state index < -0.39 is 0 Å². The first kappa shape index (κ1) is 14.8. The normalized spacial score (nSPS) is 10.0. The highest BCUT2D eigenvalue weighted by Gasteiger charge is 2.19. The smallest absolute Gasteiger partial charge is 0.233 e. The summed E-state index contributed by atoms with van der Waals surface area (Å²) in [5, 5.41) is 7.79. The third-order valence-corrected chi connectivity index (χ3v) is 2.95. The number of hydrogen-bond acceptors (Lipinski definition) is 6. The quantitative estimate of drug-likeness (QED) is 0.756. The number of ether oxygens (including phenoxy) is 3. The number of methoxy groups -OCH3 is 3. The molecule has 2 aromatic rings. The first-order chi connectivity index (χ1) is 10.2. The lowest BCUT2D eigenvalue weighted by Gasteiger charge is -2.11. The molecule has 110 valence electrons. The van der Waals surface area contributed by atoms with Gasteiger partial charge in [-0.25, -0.2) is 0 Å². The Morgan fingerprint density at radius 3 is 2.10 bits per heavy atom. The maximum atomic E-state index is 12.5. The fourth-order valence-corrected chi connectivity index (χ4v) is 1.93. The Morgan fingerprint density at radius 1 is 0.952 bits per heavy atom. The Hall–Kier alpha value is -2.63. The summed E-state index contributed by atoms with van der Waals surface area (Å²) in [4.78, 5) is 12.5. The van der Waals surface area contributed by atoms with Gasteiger partial charge in [0.25, 0.3) is 0 Å². The van der Waals surface area contributed by atoms with Crippen molar-refractivity contribution in [2.24, 2.45) is 0 Å². The number of carbonyl (C=O) groups excluding carboxylic acids is 1. The highest BCUT2D eigenvalue weighted by molar-refractivity contribution is 6.02. The first-order valence-electron chi connectivity index (χ1n) is 6.30. The number of aromatic nitrogens is 2. The zero-order chi connectivity index (χ0) is 15.2. The molecule has 0 N–H and O–H groups in total. The van der Waals surface area contributed by atoms with Gasteiger partial charge in [-0.1, -0.05) is 6.07 Å². The molecule has 2 rings (SSSR count). The molecule has 1 heterocycles. The number of Topliss-reactive ketones (excluding diaryl/α,β-unsaturated/α-hetero) is 1. The van der Waals surface area contributed by atoms with E-state index in [1.807, 2.05) is 0 Å². The first-order valence-corrected chi connectivity index (χ1v) is 6.30. The van der Waals surface area contributed by atoms with Crippen molar-refractivity contribution >= 4 is 5.78 Å². The summed E-state index contributed by atoms with van der Waals surface area (Å²) < 4.78 is 15.4. The minimum atomic E-state index is -0.149. The molecule has 0 saturated carbocycles. The summed E-state index contributed by atoms with van der Waals surface area (Å²) in [6, 6.07) is 8.56. The molecule has 1 aromatic heterocycles. The van der Waals surface area contributed by atoms with Crippen molar-refractivity contribution in [1.29, 1.82) is 0 Å². The fourth-order valence-electron chi connectivity index (χ4n) is 1.93.